The Morgan fingerprint density at radius 1 is 1.17 bits per heavy atom. The van der Waals surface area contributed by atoms with Crippen LogP contribution in [-0.4, -0.2) is 31.6 Å². The van der Waals surface area contributed by atoms with E-state index in [9.17, 15) is 22.8 Å². The van der Waals surface area contributed by atoms with Crippen molar-refractivity contribution in [3.05, 3.63) is 29.8 Å². The van der Waals surface area contributed by atoms with Crippen molar-refractivity contribution in [1.29, 1.82) is 0 Å². The van der Waals surface area contributed by atoms with E-state index in [0.717, 1.165) is 0 Å². The van der Waals surface area contributed by atoms with Gasteiger partial charge in [0, 0.05) is 5.56 Å². The van der Waals surface area contributed by atoms with Gasteiger partial charge in [-0.3, -0.25) is 4.79 Å². The molecular weight excluding hydrogens is 253 g/mol. The SMILES string of the molecule is COc1ccc(C(=O)COC(=O)C(F)(F)F)cc1. The lowest BCUT2D eigenvalue weighted by Gasteiger charge is -2.06. The van der Waals surface area contributed by atoms with Crippen molar-refractivity contribution in [2.75, 3.05) is 13.7 Å². The van der Waals surface area contributed by atoms with Crippen LogP contribution < -0.4 is 4.74 Å². The number of carbonyl (C=O) groups excluding carboxylic acids is 2. The second kappa shape index (κ2) is 5.52. The van der Waals surface area contributed by atoms with Crippen molar-refractivity contribution >= 4 is 11.8 Å². The smallest absolute Gasteiger partial charge is 0.490 e. The Kier molecular flexibility index (Phi) is 4.30. The van der Waals surface area contributed by atoms with E-state index in [1.807, 2.05) is 0 Å². The lowest BCUT2D eigenvalue weighted by Crippen LogP contribution is -2.27. The maximum absolute atomic E-state index is 11.8. The molecule has 0 spiro atoms. The van der Waals surface area contributed by atoms with E-state index < -0.39 is 24.5 Å². The Morgan fingerprint density at radius 3 is 2.17 bits per heavy atom. The molecule has 0 unspecified atom stereocenters. The fourth-order valence-corrected chi connectivity index (χ4v) is 1.07. The lowest BCUT2D eigenvalue weighted by atomic mass is 10.1. The van der Waals surface area contributed by atoms with E-state index in [1.165, 1.54) is 31.4 Å². The molecule has 98 valence electrons. The molecule has 0 radical (unpaired) electrons. The van der Waals surface area contributed by atoms with Crippen molar-refractivity contribution in [2.24, 2.45) is 0 Å². The molecule has 1 aromatic rings. The largest absolute Gasteiger partial charge is 0.497 e. The van der Waals surface area contributed by atoms with Crippen LogP contribution in [0.15, 0.2) is 24.3 Å². The number of ketones is 1. The molecule has 0 aliphatic heterocycles. The number of carbonyl (C=O) groups is 2. The molecule has 1 aromatic carbocycles. The Hall–Kier alpha value is -2.05. The Balaban J connectivity index is 2.58. The highest BCUT2D eigenvalue weighted by Crippen LogP contribution is 2.17. The molecule has 0 saturated heterocycles. The highest BCUT2D eigenvalue weighted by Gasteiger charge is 2.41. The van der Waals surface area contributed by atoms with Crippen molar-refractivity contribution in [3.63, 3.8) is 0 Å². The van der Waals surface area contributed by atoms with Crippen molar-refractivity contribution in [3.8, 4) is 5.75 Å². The lowest BCUT2D eigenvalue weighted by molar-refractivity contribution is -0.198. The van der Waals surface area contributed by atoms with Crippen LogP contribution in [0, 0.1) is 0 Å². The van der Waals surface area contributed by atoms with Crippen molar-refractivity contribution in [2.45, 2.75) is 6.18 Å². The second-order valence-electron chi connectivity index (χ2n) is 3.23. The number of hydrogen-bond donors (Lipinski definition) is 0. The second-order valence-corrected chi connectivity index (χ2v) is 3.23. The molecule has 1 rings (SSSR count). The first kappa shape index (κ1) is 14.0. The molecule has 0 fully saturated rings. The molecule has 0 aliphatic rings. The van der Waals surface area contributed by atoms with Gasteiger partial charge in [0.1, 0.15) is 5.75 Å². The predicted molar refractivity (Wildman–Crippen MR) is 54.3 cm³/mol. The number of benzene rings is 1. The van der Waals surface area contributed by atoms with Gasteiger partial charge in [-0.05, 0) is 24.3 Å². The predicted octanol–water partition coefficient (Wildman–Crippen LogP) is 1.98. The van der Waals surface area contributed by atoms with Crippen LogP contribution in [-0.2, 0) is 9.53 Å². The molecule has 0 bridgehead atoms. The monoisotopic (exact) mass is 262 g/mol. The third-order valence-corrected chi connectivity index (χ3v) is 1.98. The fraction of sp³-hybridized carbons (Fsp3) is 0.273. The summed E-state index contributed by atoms with van der Waals surface area (Å²) in [5.74, 6) is -2.61. The average Bonchev–Trinajstić information content (AvgIpc) is 2.34. The van der Waals surface area contributed by atoms with Gasteiger partial charge in [-0.2, -0.15) is 13.2 Å². The zero-order valence-electron chi connectivity index (χ0n) is 9.28. The summed E-state index contributed by atoms with van der Waals surface area (Å²) >= 11 is 0. The van der Waals surface area contributed by atoms with Gasteiger partial charge >= 0.3 is 12.1 Å². The number of ether oxygens (including phenoxy) is 2. The normalized spacial score (nSPS) is 10.9. The van der Waals surface area contributed by atoms with E-state index in [4.69, 9.17) is 4.74 Å². The highest BCUT2D eigenvalue weighted by atomic mass is 19.4. The number of methoxy groups -OCH3 is 1. The molecule has 0 atom stereocenters. The van der Waals surface area contributed by atoms with Crippen LogP contribution >= 0.6 is 0 Å². The summed E-state index contributed by atoms with van der Waals surface area (Å²) < 4.78 is 44.1. The summed E-state index contributed by atoms with van der Waals surface area (Å²) in [6.45, 7) is -0.954. The molecular formula is C11H9F3O4. The molecule has 0 saturated carbocycles. The molecule has 0 N–H and O–H groups in total. The number of rotatable bonds is 4. The van der Waals surface area contributed by atoms with E-state index in [-0.39, 0.29) is 5.56 Å². The van der Waals surface area contributed by atoms with Gasteiger partial charge in [0.15, 0.2) is 12.4 Å². The minimum Gasteiger partial charge on any atom is -0.497 e. The quantitative estimate of drug-likeness (QED) is 0.615. The van der Waals surface area contributed by atoms with E-state index >= 15 is 0 Å². The zero-order chi connectivity index (χ0) is 13.8. The van der Waals surface area contributed by atoms with Gasteiger partial charge in [-0.25, -0.2) is 4.79 Å². The van der Waals surface area contributed by atoms with E-state index in [0.29, 0.717) is 5.75 Å². The number of hydrogen-bond acceptors (Lipinski definition) is 4. The summed E-state index contributed by atoms with van der Waals surface area (Å²) in [7, 11) is 1.43. The topological polar surface area (TPSA) is 52.6 Å². The van der Waals surface area contributed by atoms with Crippen LogP contribution in [0.1, 0.15) is 10.4 Å². The van der Waals surface area contributed by atoms with Crippen LogP contribution in [0.5, 0.6) is 5.75 Å². The van der Waals surface area contributed by atoms with Crippen LogP contribution in [0.2, 0.25) is 0 Å². The molecule has 0 aromatic heterocycles. The van der Waals surface area contributed by atoms with E-state index in [2.05, 4.69) is 4.74 Å². The molecule has 18 heavy (non-hydrogen) atoms. The molecule has 7 heteroatoms. The van der Waals surface area contributed by atoms with Gasteiger partial charge in [-0.15, -0.1) is 0 Å². The number of alkyl halides is 3. The van der Waals surface area contributed by atoms with Gasteiger partial charge in [0.05, 0.1) is 7.11 Å². The molecule has 0 heterocycles. The Bertz CT molecular complexity index is 437. The highest BCUT2D eigenvalue weighted by molar-refractivity contribution is 5.98. The summed E-state index contributed by atoms with van der Waals surface area (Å²) in [6, 6.07) is 5.67. The molecule has 0 amide bonds. The third-order valence-electron chi connectivity index (χ3n) is 1.98. The van der Waals surface area contributed by atoms with Crippen molar-refractivity contribution in [1.82, 2.24) is 0 Å². The summed E-state index contributed by atoms with van der Waals surface area (Å²) in [6.07, 6.45) is -5.10. The van der Waals surface area contributed by atoms with Gasteiger partial charge in [0.25, 0.3) is 0 Å². The Morgan fingerprint density at radius 2 is 1.72 bits per heavy atom. The third kappa shape index (κ3) is 3.76. The van der Waals surface area contributed by atoms with Crippen LogP contribution in [0.3, 0.4) is 0 Å². The summed E-state index contributed by atoms with van der Waals surface area (Å²) in [4.78, 5) is 21.8. The first-order valence-corrected chi connectivity index (χ1v) is 4.76. The number of halogens is 3. The first-order chi connectivity index (χ1) is 8.34. The first-order valence-electron chi connectivity index (χ1n) is 4.76. The standard InChI is InChI=1S/C11H9F3O4/c1-17-8-4-2-7(3-5-8)9(15)6-18-10(16)11(12,13)14/h2-5H,6H2,1H3. The summed E-state index contributed by atoms with van der Waals surface area (Å²) in [5, 5.41) is 0. The van der Waals surface area contributed by atoms with Gasteiger partial charge in [-0.1, -0.05) is 0 Å². The van der Waals surface area contributed by atoms with Crippen LogP contribution in [0.25, 0.3) is 0 Å². The van der Waals surface area contributed by atoms with E-state index in [1.54, 1.807) is 0 Å². The van der Waals surface area contributed by atoms with Crippen molar-refractivity contribution < 1.29 is 32.2 Å². The Labute approximate surface area is 100 Å². The zero-order valence-corrected chi connectivity index (χ0v) is 9.28. The number of esters is 1. The van der Waals surface area contributed by atoms with Crippen LogP contribution in [0.4, 0.5) is 13.2 Å². The molecule has 4 nitrogen and oxygen atoms in total. The molecule has 0 aliphatic carbocycles. The van der Waals surface area contributed by atoms with Gasteiger partial charge in [0.2, 0.25) is 0 Å². The van der Waals surface area contributed by atoms with Gasteiger partial charge < -0.3 is 9.47 Å². The minimum atomic E-state index is -5.10. The maximum Gasteiger partial charge on any atom is 0.490 e. The maximum atomic E-state index is 11.8. The fourth-order valence-electron chi connectivity index (χ4n) is 1.07. The average molecular weight is 262 g/mol. The summed E-state index contributed by atoms with van der Waals surface area (Å²) in [5.41, 5.74) is 0.130. The minimum absolute atomic E-state index is 0.130. The number of Topliss-reactive ketones (excluding diaryl/α,β-unsaturated/α-hetero) is 1.